The van der Waals surface area contributed by atoms with E-state index in [9.17, 15) is 4.39 Å². The number of nitrogens with one attached hydrogen (secondary N) is 3. The first-order valence-corrected chi connectivity index (χ1v) is 8.33. The summed E-state index contributed by atoms with van der Waals surface area (Å²) in [5.74, 6) is 0.222. The highest BCUT2D eigenvalue weighted by Gasteiger charge is 2.10. The number of aromatic nitrogens is 4. The Morgan fingerprint density at radius 1 is 1.07 bits per heavy atom. The molecular formula is C18H14ClFN6O. The lowest BCUT2D eigenvalue weighted by Gasteiger charge is -2.11. The van der Waals surface area contributed by atoms with Gasteiger partial charge in [-0.2, -0.15) is 10.1 Å². The topological polar surface area (TPSA) is 87.8 Å². The minimum Gasteiger partial charge on any atom is -0.495 e. The fourth-order valence-corrected chi connectivity index (χ4v) is 2.80. The normalized spacial score (nSPS) is 10.8. The van der Waals surface area contributed by atoms with Gasteiger partial charge < -0.3 is 15.4 Å². The number of hydrogen-bond donors (Lipinski definition) is 3. The van der Waals surface area contributed by atoms with Crippen LogP contribution < -0.4 is 15.4 Å². The Kier molecular flexibility index (Phi) is 4.47. The van der Waals surface area contributed by atoms with E-state index in [1.807, 2.05) is 18.2 Å². The lowest BCUT2D eigenvalue weighted by molar-refractivity contribution is 0.415. The molecule has 4 rings (SSSR count). The Labute approximate surface area is 158 Å². The minimum atomic E-state index is -0.585. The van der Waals surface area contributed by atoms with Crippen LogP contribution in [0.4, 0.5) is 27.5 Å². The molecular weight excluding hydrogens is 371 g/mol. The average Bonchev–Trinajstić information content (AvgIpc) is 3.12. The van der Waals surface area contributed by atoms with Gasteiger partial charge in [0.2, 0.25) is 5.95 Å². The summed E-state index contributed by atoms with van der Waals surface area (Å²) in [5, 5.41) is 14.1. The van der Waals surface area contributed by atoms with Gasteiger partial charge in [-0.05, 0) is 36.4 Å². The Hall–Kier alpha value is -3.39. The molecule has 2 aromatic heterocycles. The molecule has 0 aliphatic rings. The van der Waals surface area contributed by atoms with E-state index in [2.05, 4.69) is 30.8 Å². The van der Waals surface area contributed by atoms with Gasteiger partial charge in [0, 0.05) is 16.8 Å². The molecule has 0 fully saturated rings. The van der Waals surface area contributed by atoms with Crippen molar-refractivity contribution >= 4 is 45.6 Å². The van der Waals surface area contributed by atoms with Gasteiger partial charge in [-0.25, -0.2) is 9.37 Å². The first-order valence-electron chi connectivity index (χ1n) is 7.95. The van der Waals surface area contributed by atoms with Gasteiger partial charge in [0.1, 0.15) is 5.75 Å². The van der Waals surface area contributed by atoms with E-state index in [0.29, 0.717) is 16.5 Å². The van der Waals surface area contributed by atoms with Crippen LogP contribution in [0.3, 0.4) is 0 Å². The number of benzene rings is 2. The van der Waals surface area contributed by atoms with Crippen molar-refractivity contribution in [2.75, 3.05) is 17.7 Å². The molecule has 7 nitrogen and oxygen atoms in total. The number of aromatic amines is 1. The summed E-state index contributed by atoms with van der Waals surface area (Å²) in [6, 6.07) is 10.6. The highest BCUT2D eigenvalue weighted by atomic mass is 35.5. The summed E-state index contributed by atoms with van der Waals surface area (Å²) in [6.45, 7) is 0. The van der Waals surface area contributed by atoms with Crippen molar-refractivity contribution in [3.63, 3.8) is 0 Å². The second kappa shape index (κ2) is 7.08. The van der Waals surface area contributed by atoms with Crippen molar-refractivity contribution in [1.29, 1.82) is 0 Å². The Balaban J connectivity index is 1.58. The molecule has 0 spiro atoms. The molecule has 0 saturated heterocycles. The number of anilines is 4. The fraction of sp³-hybridized carbons (Fsp3) is 0.0556. The van der Waals surface area contributed by atoms with Gasteiger partial charge in [0.15, 0.2) is 11.6 Å². The van der Waals surface area contributed by atoms with Crippen LogP contribution in [0.15, 0.2) is 48.8 Å². The van der Waals surface area contributed by atoms with Gasteiger partial charge in [-0.3, -0.25) is 5.10 Å². The molecule has 0 bridgehead atoms. The van der Waals surface area contributed by atoms with E-state index in [-0.39, 0.29) is 11.8 Å². The zero-order valence-electron chi connectivity index (χ0n) is 14.1. The van der Waals surface area contributed by atoms with Crippen molar-refractivity contribution in [3.8, 4) is 5.75 Å². The molecule has 3 N–H and O–H groups in total. The molecule has 136 valence electrons. The van der Waals surface area contributed by atoms with E-state index in [1.165, 1.54) is 7.11 Å². The molecule has 9 heteroatoms. The third kappa shape index (κ3) is 3.61. The van der Waals surface area contributed by atoms with Crippen molar-refractivity contribution in [2.45, 2.75) is 0 Å². The second-order valence-corrected chi connectivity index (χ2v) is 6.07. The lowest BCUT2D eigenvalue weighted by Crippen LogP contribution is -2.03. The third-order valence-corrected chi connectivity index (χ3v) is 4.15. The van der Waals surface area contributed by atoms with E-state index in [0.717, 1.165) is 22.8 Å². The second-order valence-electron chi connectivity index (χ2n) is 5.66. The molecule has 27 heavy (non-hydrogen) atoms. The molecule has 0 aliphatic heterocycles. The lowest BCUT2D eigenvalue weighted by atomic mass is 10.2. The molecule has 4 aromatic rings. The molecule has 0 saturated carbocycles. The molecule has 0 atom stereocenters. The number of nitrogens with zero attached hydrogens (tertiary/aromatic N) is 3. The summed E-state index contributed by atoms with van der Waals surface area (Å²) < 4.78 is 19.2. The molecule has 0 unspecified atom stereocenters. The van der Waals surface area contributed by atoms with Crippen LogP contribution in [0, 0.1) is 5.82 Å². The molecule has 2 aromatic carbocycles. The predicted octanol–water partition coefficient (Wildman–Crippen LogP) is 4.64. The van der Waals surface area contributed by atoms with Crippen LogP contribution >= 0.6 is 11.6 Å². The highest BCUT2D eigenvalue weighted by Crippen LogP contribution is 2.29. The van der Waals surface area contributed by atoms with Gasteiger partial charge in [-0.1, -0.05) is 11.6 Å². The Morgan fingerprint density at radius 2 is 1.89 bits per heavy atom. The van der Waals surface area contributed by atoms with Crippen molar-refractivity contribution in [2.24, 2.45) is 0 Å². The first kappa shape index (κ1) is 17.0. The van der Waals surface area contributed by atoms with Gasteiger partial charge >= 0.3 is 0 Å². The number of H-pyrrole nitrogens is 1. The minimum absolute atomic E-state index is 0.0260. The average molecular weight is 385 g/mol. The van der Waals surface area contributed by atoms with Crippen LogP contribution in [0.25, 0.3) is 10.9 Å². The highest BCUT2D eigenvalue weighted by molar-refractivity contribution is 6.32. The quantitative estimate of drug-likeness (QED) is 0.464. The largest absolute Gasteiger partial charge is 0.495 e. The Bertz CT molecular complexity index is 1120. The summed E-state index contributed by atoms with van der Waals surface area (Å²) in [7, 11) is 1.53. The molecule has 0 amide bonds. The maximum Gasteiger partial charge on any atom is 0.229 e. The summed E-state index contributed by atoms with van der Waals surface area (Å²) in [4.78, 5) is 8.18. The standard InChI is InChI=1S/C18H14ClFN6O/c1-27-16-5-3-12(7-13(16)19)23-17-14(20)9-21-18(25-17)24-11-2-4-15-10(6-11)8-22-26-15/h2-9H,1H3,(H,22,26)(H2,21,23,24,25). The summed E-state index contributed by atoms with van der Waals surface area (Å²) in [5.41, 5.74) is 2.25. The van der Waals surface area contributed by atoms with Gasteiger partial charge in [0.05, 0.1) is 30.0 Å². The zero-order chi connectivity index (χ0) is 18.8. The van der Waals surface area contributed by atoms with E-state index in [1.54, 1.807) is 24.4 Å². The van der Waals surface area contributed by atoms with Crippen LogP contribution in [-0.2, 0) is 0 Å². The van der Waals surface area contributed by atoms with Crippen molar-refractivity contribution in [1.82, 2.24) is 20.2 Å². The zero-order valence-corrected chi connectivity index (χ0v) is 14.9. The van der Waals surface area contributed by atoms with E-state index in [4.69, 9.17) is 16.3 Å². The third-order valence-electron chi connectivity index (χ3n) is 3.85. The van der Waals surface area contributed by atoms with E-state index >= 15 is 0 Å². The number of fused-ring (bicyclic) bond motifs is 1. The molecule has 0 aliphatic carbocycles. The number of halogens is 2. The maximum atomic E-state index is 14.1. The van der Waals surface area contributed by atoms with Crippen LogP contribution in [0.5, 0.6) is 5.75 Å². The summed E-state index contributed by atoms with van der Waals surface area (Å²) in [6.07, 6.45) is 2.81. The van der Waals surface area contributed by atoms with Crippen molar-refractivity contribution in [3.05, 3.63) is 59.6 Å². The molecule has 0 radical (unpaired) electrons. The monoisotopic (exact) mass is 384 g/mol. The first-order chi connectivity index (χ1) is 13.1. The smallest absolute Gasteiger partial charge is 0.229 e. The van der Waals surface area contributed by atoms with Gasteiger partial charge in [0.25, 0.3) is 0 Å². The number of hydrogen-bond acceptors (Lipinski definition) is 6. The number of methoxy groups -OCH3 is 1. The van der Waals surface area contributed by atoms with E-state index < -0.39 is 5.82 Å². The predicted molar refractivity (Wildman–Crippen MR) is 103 cm³/mol. The van der Waals surface area contributed by atoms with Gasteiger partial charge in [-0.15, -0.1) is 0 Å². The van der Waals surface area contributed by atoms with Crippen molar-refractivity contribution < 1.29 is 9.13 Å². The SMILES string of the molecule is COc1ccc(Nc2nc(Nc3ccc4[nH]ncc4c3)ncc2F)cc1Cl. The van der Waals surface area contributed by atoms with Crippen LogP contribution in [0.1, 0.15) is 0 Å². The summed E-state index contributed by atoms with van der Waals surface area (Å²) >= 11 is 6.10. The van der Waals surface area contributed by atoms with Crippen LogP contribution in [0.2, 0.25) is 5.02 Å². The van der Waals surface area contributed by atoms with Crippen LogP contribution in [-0.4, -0.2) is 27.3 Å². The molecule has 2 heterocycles. The maximum absolute atomic E-state index is 14.1. The number of rotatable bonds is 5. The Morgan fingerprint density at radius 3 is 2.70 bits per heavy atom. The fourth-order valence-electron chi connectivity index (χ4n) is 2.55. The number of ether oxygens (including phenoxy) is 1.